The molecule has 0 bridgehead atoms. The summed E-state index contributed by atoms with van der Waals surface area (Å²) in [7, 11) is 0. The lowest BCUT2D eigenvalue weighted by Crippen LogP contribution is -2.43. The minimum Gasteiger partial charge on any atom is -0.368 e. The highest BCUT2D eigenvalue weighted by Crippen LogP contribution is 2.36. The van der Waals surface area contributed by atoms with Gasteiger partial charge in [0.25, 0.3) is 5.91 Å². The Hall–Kier alpha value is -4.07. The first kappa shape index (κ1) is 38.1. The van der Waals surface area contributed by atoms with Gasteiger partial charge in [0.2, 0.25) is 5.91 Å². The summed E-state index contributed by atoms with van der Waals surface area (Å²) < 4.78 is 83.6. The second-order valence-corrected chi connectivity index (χ2v) is 10.8. The Morgan fingerprint density at radius 2 is 1.93 bits per heavy atom. The average molecular weight is 656 g/mol. The molecule has 2 rings (SSSR count). The minimum absolute atomic E-state index is 0.219. The van der Waals surface area contributed by atoms with E-state index < -0.39 is 85.0 Å². The zero-order valence-corrected chi connectivity index (χ0v) is 26.1. The van der Waals surface area contributed by atoms with Gasteiger partial charge in [-0.1, -0.05) is 26.0 Å². The van der Waals surface area contributed by atoms with Crippen molar-refractivity contribution in [1.29, 1.82) is 0 Å². The minimum atomic E-state index is -4.79. The number of nitrogens with zero attached hydrogens (tertiary/aromatic N) is 4. The molecule has 2 heterocycles. The van der Waals surface area contributed by atoms with E-state index in [0.717, 1.165) is 32.1 Å². The fraction of sp³-hybridized carbons (Fsp3) is 0.469. The van der Waals surface area contributed by atoms with Crippen molar-refractivity contribution >= 4 is 30.1 Å². The van der Waals surface area contributed by atoms with E-state index in [0.29, 0.717) is 28.4 Å². The molecule has 0 saturated carbocycles. The zero-order valence-electron chi connectivity index (χ0n) is 26.1. The van der Waals surface area contributed by atoms with Gasteiger partial charge < -0.3 is 15.3 Å². The zero-order chi connectivity index (χ0) is 34.6. The highest BCUT2D eigenvalue weighted by molar-refractivity contribution is 6.39. The third-order valence-corrected chi connectivity index (χ3v) is 7.06. The number of halogens is 6. The number of aliphatic hydroxyl groups excluding tert-OH is 1. The van der Waals surface area contributed by atoms with Crippen molar-refractivity contribution in [3.05, 3.63) is 71.4 Å². The maximum absolute atomic E-state index is 15.2. The predicted octanol–water partition coefficient (Wildman–Crippen LogP) is 6.63. The van der Waals surface area contributed by atoms with Crippen LogP contribution < -0.4 is 5.32 Å². The standard InChI is InChI=1S/C32H39F6N5O3/c1-6-25(39-5)22(15-29(45)42-27-9-7-8-14-40-27)11-13-28(44)41-26-16-23(30(21(4)34)24(35)12-10-20(3)33)19(2)17-43(31(26)46)18-32(36,37)38/h7-14,19-21,23,28,44H,5-6,15-18H2,1-4H3,(H,40,42,45)/b12-10-,13-11+,25-22+,30-24-,41-26+/t19?,20?,21?,23-,28?/m1/s1. The molecule has 0 aromatic carbocycles. The SMILES string of the molecule is C=N/C(CC)=C(\C=C\C(O)/N=C1\C[C@@H](/C(=C(F)/C=C\C(C)F)C(C)F)C(C)CN(CC(F)(F)F)C1=O)CC(=O)Nc1ccccn1. The number of rotatable bonds is 13. The van der Waals surface area contributed by atoms with E-state index in [4.69, 9.17) is 0 Å². The number of nitrogens with one attached hydrogen (secondary N) is 1. The molecule has 5 atom stereocenters. The Morgan fingerprint density at radius 3 is 2.48 bits per heavy atom. The van der Waals surface area contributed by atoms with Gasteiger partial charge in [0, 0.05) is 30.4 Å². The van der Waals surface area contributed by atoms with E-state index in [9.17, 15) is 36.6 Å². The van der Waals surface area contributed by atoms with Crippen molar-refractivity contribution < 1.29 is 41.0 Å². The van der Waals surface area contributed by atoms with Gasteiger partial charge in [-0.05, 0) is 74.8 Å². The summed E-state index contributed by atoms with van der Waals surface area (Å²) in [6.07, 6.45) is -4.94. The van der Waals surface area contributed by atoms with Crippen molar-refractivity contribution in [2.45, 2.75) is 71.7 Å². The van der Waals surface area contributed by atoms with E-state index in [1.165, 1.54) is 19.2 Å². The number of aliphatic hydroxyl groups is 1. The lowest BCUT2D eigenvalue weighted by Gasteiger charge is -2.28. The molecule has 1 fully saturated rings. The highest BCUT2D eigenvalue weighted by Gasteiger charge is 2.41. The Morgan fingerprint density at radius 1 is 1.24 bits per heavy atom. The normalized spacial score (nSPS) is 21.9. The van der Waals surface area contributed by atoms with Crippen molar-refractivity contribution in [3.63, 3.8) is 0 Å². The molecule has 1 aromatic rings. The fourth-order valence-corrected chi connectivity index (χ4v) is 4.99. The number of amides is 2. The third-order valence-electron chi connectivity index (χ3n) is 7.06. The molecule has 14 heteroatoms. The molecular weight excluding hydrogens is 616 g/mol. The number of likely N-dealkylation sites (tertiary alicyclic amines) is 1. The van der Waals surface area contributed by atoms with Gasteiger partial charge in [0.05, 0.1) is 6.42 Å². The van der Waals surface area contributed by atoms with Gasteiger partial charge in [-0.15, -0.1) is 0 Å². The second-order valence-electron chi connectivity index (χ2n) is 10.8. The van der Waals surface area contributed by atoms with E-state index in [1.54, 1.807) is 25.1 Å². The van der Waals surface area contributed by atoms with E-state index in [1.807, 2.05) is 0 Å². The fourth-order valence-electron chi connectivity index (χ4n) is 4.99. The number of aromatic nitrogens is 1. The van der Waals surface area contributed by atoms with Gasteiger partial charge in [-0.25, -0.2) is 23.1 Å². The number of allylic oxidation sites excluding steroid dienone is 6. The molecule has 1 aromatic heterocycles. The van der Waals surface area contributed by atoms with Crippen molar-refractivity contribution in [2.24, 2.45) is 21.8 Å². The number of pyridine rings is 1. The molecule has 0 radical (unpaired) electrons. The number of hydrogen-bond donors (Lipinski definition) is 2. The number of carbonyl (C=O) groups excluding carboxylic acids is 2. The Labute approximate surface area is 264 Å². The topological polar surface area (TPSA) is 107 Å². The van der Waals surface area contributed by atoms with Crippen LogP contribution in [0, 0.1) is 11.8 Å². The summed E-state index contributed by atoms with van der Waals surface area (Å²) in [6, 6.07) is 4.93. The Kier molecular flexibility index (Phi) is 14.6. The van der Waals surface area contributed by atoms with Crippen LogP contribution in [-0.2, 0) is 9.59 Å². The van der Waals surface area contributed by atoms with Gasteiger partial charge in [0.1, 0.15) is 36.2 Å². The maximum Gasteiger partial charge on any atom is 0.406 e. The smallest absolute Gasteiger partial charge is 0.368 e. The molecule has 8 nitrogen and oxygen atoms in total. The molecular formula is C32H39F6N5O3. The summed E-state index contributed by atoms with van der Waals surface area (Å²) in [4.78, 5) is 38.3. The van der Waals surface area contributed by atoms with Crippen LogP contribution in [0.25, 0.3) is 0 Å². The summed E-state index contributed by atoms with van der Waals surface area (Å²) in [5, 5.41) is 13.4. The van der Waals surface area contributed by atoms with Crippen LogP contribution in [0.5, 0.6) is 0 Å². The Balaban J connectivity index is 2.51. The summed E-state index contributed by atoms with van der Waals surface area (Å²) in [5.74, 6) is -4.47. The quantitative estimate of drug-likeness (QED) is 0.141. The molecule has 1 aliphatic rings. The maximum atomic E-state index is 15.2. The first-order valence-corrected chi connectivity index (χ1v) is 14.6. The lowest BCUT2D eigenvalue weighted by molar-refractivity contribution is -0.158. The molecule has 0 aliphatic carbocycles. The lowest BCUT2D eigenvalue weighted by atomic mass is 9.81. The van der Waals surface area contributed by atoms with Crippen LogP contribution in [0.4, 0.5) is 32.2 Å². The molecule has 4 unspecified atom stereocenters. The average Bonchev–Trinajstić information content (AvgIpc) is 3.06. The highest BCUT2D eigenvalue weighted by atomic mass is 19.4. The van der Waals surface area contributed by atoms with Crippen LogP contribution in [0.1, 0.15) is 47.0 Å². The van der Waals surface area contributed by atoms with E-state index in [-0.39, 0.29) is 6.42 Å². The molecule has 46 heavy (non-hydrogen) atoms. The van der Waals surface area contributed by atoms with Crippen LogP contribution in [-0.4, -0.2) is 77.1 Å². The molecule has 1 saturated heterocycles. The summed E-state index contributed by atoms with van der Waals surface area (Å²) >= 11 is 0. The number of aliphatic imine (C=N–C) groups is 2. The largest absolute Gasteiger partial charge is 0.406 e. The number of carbonyl (C=O) groups is 2. The molecule has 2 N–H and O–H groups in total. The van der Waals surface area contributed by atoms with Crippen molar-refractivity contribution in [2.75, 3.05) is 18.4 Å². The summed E-state index contributed by atoms with van der Waals surface area (Å²) in [6.45, 7) is 6.69. The monoisotopic (exact) mass is 655 g/mol. The van der Waals surface area contributed by atoms with Crippen LogP contribution in [0.3, 0.4) is 0 Å². The first-order chi connectivity index (χ1) is 21.6. The van der Waals surface area contributed by atoms with Gasteiger partial charge in [-0.3, -0.25) is 14.6 Å². The van der Waals surface area contributed by atoms with Gasteiger partial charge >= 0.3 is 6.18 Å². The number of hydrogen-bond acceptors (Lipinski definition) is 6. The van der Waals surface area contributed by atoms with Crippen LogP contribution >= 0.6 is 0 Å². The van der Waals surface area contributed by atoms with Crippen molar-refractivity contribution in [3.8, 4) is 0 Å². The molecule has 1 aliphatic heterocycles. The molecule has 2 amide bonds. The first-order valence-electron chi connectivity index (χ1n) is 14.6. The van der Waals surface area contributed by atoms with Crippen LogP contribution in [0.15, 0.2) is 81.4 Å². The van der Waals surface area contributed by atoms with Crippen LogP contribution in [0.2, 0.25) is 0 Å². The van der Waals surface area contributed by atoms with Crippen molar-refractivity contribution in [1.82, 2.24) is 9.88 Å². The second kappa shape index (κ2) is 17.6. The molecule has 252 valence electrons. The van der Waals surface area contributed by atoms with Gasteiger partial charge in [-0.2, -0.15) is 13.2 Å². The van der Waals surface area contributed by atoms with Gasteiger partial charge in [0.15, 0.2) is 6.23 Å². The number of alkyl halides is 5. The van der Waals surface area contributed by atoms with E-state index >= 15 is 4.39 Å². The number of anilines is 1. The third kappa shape index (κ3) is 12.0. The Bertz CT molecular complexity index is 1370. The summed E-state index contributed by atoms with van der Waals surface area (Å²) in [5.41, 5.74) is -0.269. The molecule has 0 spiro atoms. The van der Waals surface area contributed by atoms with E-state index in [2.05, 4.69) is 27.0 Å². The predicted molar refractivity (Wildman–Crippen MR) is 165 cm³/mol.